The summed E-state index contributed by atoms with van der Waals surface area (Å²) < 4.78 is 2.37. The molecule has 1 aromatic heterocycles. The van der Waals surface area contributed by atoms with Gasteiger partial charge < -0.3 is 15.2 Å². The third-order valence-corrected chi connectivity index (χ3v) is 8.74. The Morgan fingerprint density at radius 3 is 2.49 bits per heavy atom. The topological polar surface area (TPSA) is 75.5 Å². The number of carbonyl (C=O) groups excluding carboxylic acids is 2. The van der Waals surface area contributed by atoms with Crippen molar-refractivity contribution in [1.82, 2.24) is 15.2 Å². The lowest BCUT2D eigenvalue weighted by atomic mass is 9.81. The summed E-state index contributed by atoms with van der Waals surface area (Å²) in [5, 5.41) is 7.81. The molecule has 2 N–H and O–H groups in total. The molecule has 200 valence electrons. The molecule has 2 heterocycles. The van der Waals surface area contributed by atoms with Crippen LogP contribution in [0.5, 0.6) is 0 Å². The van der Waals surface area contributed by atoms with Crippen LogP contribution >= 0.6 is 11.8 Å². The van der Waals surface area contributed by atoms with Crippen molar-refractivity contribution in [3.05, 3.63) is 46.5 Å². The van der Waals surface area contributed by atoms with E-state index in [0.717, 1.165) is 21.5 Å². The van der Waals surface area contributed by atoms with Crippen molar-refractivity contribution < 1.29 is 9.59 Å². The third-order valence-electron chi connectivity index (χ3n) is 7.86. The highest BCUT2D eigenvalue weighted by molar-refractivity contribution is 8.02. The van der Waals surface area contributed by atoms with Gasteiger partial charge in [-0.1, -0.05) is 18.2 Å². The van der Waals surface area contributed by atoms with Crippen LogP contribution in [0, 0.1) is 18.8 Å². The molecule has 2 atom stereocenters. The van der Waals surface area contributed by atoms with Gasteiger partial charge in [-0.25, -0.2) is 4.99 Å². The standard InChI is InChI=1S/C30H42N4O2S/c1-18-16-26(37-7)24(28(35)32-18)17-31-29(36)27-20(3)34(25-11-9-8-10-23(25)27)19(2)21-12-14-22(15-13-21)33-30(4,5)6/h8-11,16,19,21-22,24,33H,12-15,17H2,1-7H3,(H,31,36)/t19-,21?,22?,24?/m1/s1. The third kappa shape index (κ3) is 6.04. The molecule has 6 nitrogen and oxygen atoms in total. The summed E-state index contributed by atoms with van der Waals surface area (Å²) in [7, 11) is 0. The van der Waals surface area contributed by atoms with Gasteiger partial charge in [0.25, 0.3) is 11.8 Å². The van der Waals surface area contributed by atoms with E-state index in [-0.39, 0.29) is 23.9 Å². The lowest BCUT2D eigenvalue weighted by Gasteiger charge is -2.37. The van der Waals surface area contributed by atoms with Crippen molar-refractivity contribution in [2.45, 2.75) is 84.8 Å². The molecule has 0 saturated heterocycles. The molecular weight excluding hydrogens is 480 g/mol. The first-order valence-corrected chi connectivity index (χ1v) is 14.7. The molecule has 1 saturated carbocycles. The van der Waals surface area contributed by atoms with Gasteiger partial charge >= 0.3 is 0 Å². The first kappa shape index (κ1) is 27.6. The van der Waals surface area contributed by atoms with E-state index in [1.165, 1.54) is 25.7 Å². The number of hydrogen-bond donors (Lipinski definition) is 2. The molecule has 2 amide bonds. The molecule has 1 aliphatic carbocycles. The number of benzene rings is 1. The Morgan fingerprint density at radius 1 is 1.16 bits per heavy atom. The fraction of sp³-hybridized carbons (Fsp3) is 0.567. The van der Waals surface area contributed by atoms with E-state index in [9.17, 15) is 9.59 Å². The molecule has 2 aliphatic rings. The largest absolute Gasteiger partial charge is 0.351 e. The Morgan fingerprint density at radius 2 is 1.84 bits per heavy atom. The Labute approximate surface area is 225 Å². The number of nitrogens with one attached hydrogen (secondary N) is 2. The quantitative estimate of drug-likeness (QED) is 0.464. The Bertz CT molecular complexity index is 1230. The van der Waals surface area contributed by atoms with Crippen LogP contribution in [0.1, 0.15) is 82.4 Å². The van der Waals surface area contributed by atoms with Gasteiger partial charge in [0.1, 0.15) is 0 Å². The van der Waals surface area contributed by atoms with Gasteiger partial charge in [0.2, 0.25) is 0 Å². The second kappa shape index (κ2) is 11.2. The number of dihydropyridines is 1. The van der Waals surface area contributed by atoms with Crippen molar-refractivity contribution >= 4 is 40.2 Å². The zero-order valence-electron chi connectivity index (χ0n) is 23.4. The maximum atomic E-state index is 13.6. The highest BCUT2D eigenvalue weighted by Crippen LogP contribution is 2.38. The van der Waals surface area contributed by atoms with Crippen LogP contribution in [0.25, 0.3) is 10.9 Å². The van der Waals surface area contributed by atoms with E-state index < -0.39 is 5.92 Å². The molecule has 37 heavy (non-hydrogen) atoms. The van der Waals surface area contributed by atoms with Crippen molar-refractivity contribution in [1.29, 1.82) is 0 Å². The first-order valence-electron chi connectivity index (χ1n) is 13.5. The summed E-state index contributed by atoms with van der Waals surface area (Å²) in [6.45, 7) is 13.2. The molecule has 1 fully saturated rings. The minimum absolute atomic E-state index is 0.128. The van der Waals surface area contributed by atoms with E-state index in [1.807, 2.05) is 37.5 Å². The monoisotopic (exact) mass is 522 g/mol. The summed E-state index contributed by atoms with van der Waals surface area (Å²) in [6, 6.07) is 9.07. The highest BCUT2D eigenvalue weighted by Gasteiger charge is 2.32. The Hall–Kier alpha value is -2.38. The summed E-state index contributed by atoms with van der Waals surface area (Å²) in [5.74, 6) is -0.169. The number of allylic oxidation sites excluding steroid dienone is 1. The molecular formula is C30H42N4O2S. The van der Waals surface area contributed by atoms with Crippen molar-refractivity contribution in [2.75, 3.05) is 12.8 Å². The number of hydrogen-bond acceptors (Lipinski definition) is 4. The number of aromatic nitrogens is 1. The van der Waals surface area contributed by atoms with Gasteiger partial charge in [-0.15, -0.1) is 11.8 Å². The maximum Gasteiger partial charge on any atom is 0.255 e. The zero-order valence-corrected chi connectivity index (χ0v) is 24.2. The second-order valence-corrected chi connectivity index (χ2v) is 12.6. The van der Waals surface area contributed by atoms with Gasteiger partial charge in [0.05, 0.1) is 11.5 Å². The van der Waals surface area contributed by atoms with E-state index in [4.69, 9.17) is 0 Å². The minimum atomic E-state index is -0.424. The minimum Gasteiger partial charge on any atom is -0.351 e. The number of thioether (sulfide) groups is 1. The fourth-order valence-corrected chi connectivity index (χ4v) is 6.91. The van der Waals surface area contributed by atoms with Gasteiger partial charge in [0.15, 0.2) is 0 Å². The van der Waals surface area contributed by atoms with Gasteiger partial charge in [-0.3, -0.25) is 9.59 Å². The van der Waals surface area contributed by atoms with E-state index in [2.05, 4.69) is 60.9 Å². The molecule has 2 aromatic rings. The average Bonchev–Trinajstić information content (AvgIpc) is 3.13. The van der Waals surface area contributed by atoms with Crippen LogP contribution in [-0.4, -0.2) is 46.5 Å². The number of aliphatic imine (C=N–C) groups is 1. The Balaban J connectivity index is 1.54. The van der Waals surface area contributed by atoms with Gasteiger partial charge in [0, 0.05) is 51.4 Å². The lowest BCUT2D eigenvalue weighted by molar-refractivity contribution is -0.120. The summed E-state index contributed by atoms with van der Waals surface area (Å²) in [6.07, 6.45) is 8.61. The van der Waals surface area contributed by atoms with Crippen LogP contribution in [0.4, 0.5) is 0 Å². The first-order chi connectivity index (χ1) is 17.5. The predicted molar refractivity (Wildman–Crippen MR) is 156 cm³/mol. The SMILES string of the molecule is CSC1=CC(C)=NC(=O)C1CNC(=O)c1c(C)n([C@H](C)C2CCC(NC(C)(C)C)CC2)c2ccccc12. The van der Waals surface area contributed by atoms with Crippen molar-refractivity contribution in [3.63, 3.8) is 0 Å². The zero-order chi connectivity index (χ0) is 26.9. The fourth-order valence-electron chi connectivity index (χ4n) is 6.16. The van der Waals surface area contributed by atoms with Gasteiger partial charge in [-0.2, -0.15) is 0 Å². The number of rotatable bonds is 7. The van der Waals surface area contributed by atoms with Crippen LogP contribution in [-0.2, 0) is 4.79 Å². The summed E-state index contributed by atoms with van der Waals surface area (Å²) in [4.78, 5) is 31.2. The molecule has 0 radical (unpaired) electrons. The number of amides is 2. The van der Waals surface area contributed by atoms with Crippen LogP contribution in [0.3, 0.4) is 0 Å². The number of nitrogens with zero attached hydrogens (tertiary/aromatic N) is 2. The lowest BCUT2D eigenvalue weighted by Crippen LogP contribution is -2.45. The van der Waals surface area contributed by atoms with E-state index in [0.29, 0.717) is 29.3 Å². The van der Waals surface area contributed by atoms with E-state index >= 15 is 0 Å². The molecule has 4 rings (SSSR count). The summed E-state index contributed by atoms with van der Waals surface area (Å²) in [5.41, 5.74) is 3.66. The smallest absolute Gasteiger partial charge is 0.255 e. The maximum absolute atomic E-state index is 13.6. The van der Waals surface area contributed by atoms with Crippen LogP contribution in [0.2, 0.25) is 0 Å². The highest BCUT2D eigenvalue weighted by atomic mass is 32.2. The van der Waals surface area contributed by atoms with Crippen molar-refractivity contribution in [2.24, 2.45) is 16.8 Å². The van der Waals surface area contributed by atoms with Crippen LogP contribution < -0.4 is 10.6 Å². The van der Waals surface area contributed by atoms with E-state index in [1.54, 1.807) is 11.8 Å². The number of para-hydroxylation sites is 1. The number of fused-ring (bicyclic) bond motifs is 1. The number of carbonyl (C=O) groups is 2. The normalized spacial score (nSPS) is 23.5. The predicted octanol–water partition coefficient (Wildman–Crippen LogP) is 6.05. The molecule has 1 aliphatic heterocycles. The summed E-state index contributed by atoms with van der Waals surface area (Å²) >= 11 is 1.54. The molecule has 0 spiro atoms. The Kier molecular flexibility index (Phi) is 8.34. The average molecular weight is 523 g/mol. The molecule has 1 aromatic carbocycles. The molecule has 1 unspecified atom stereocenters. The van der Waals surface area contributed by atoms with Crippen molar-refractivity contribution in [3.8, 4) is 0 Å². The molecule has 7 heteroatoms. The second-order valence-electron chi connectivity index (χ2n) is 11.7. The van der Waals surface area contributed by atoms with Gasteiger partial charge in [-0.05, 0) is 91.5 Å². The molecule has 0 bridgehead atoms. The van der Waals surface area contributed by atoms with Crippen LogP contribution in [0.15, 0.2) is 40.2 Å².